The van der Waals surface area contributed by atoms with Gasteiger partial charge in [0.15, 0.2) is 17.4 Å². The summed E-state index contributed by atoms with van der Waals surface area (Å²) in [6.07, 6.45) is -5.09. The van der Waals surface area contributed by atoms with Gasteiger partial charge >= 0.3 is 6.18 Å². The van der Waals surface area contributed by atoms with Crippen molar-refractivity contribution >= 4 is 5.78 Å². The number of carbonyl (C=O) groups excluding carboxylic acids is 1. The molecule has 0 atom stereocenters. The molecule has 6 heteroatoms. The van der Waals surface area contributed by atoms with Gasteiger partial charge in [-0.05, 0) is 23.8 Å². The quantitative estimate of drug-likeness (QED) is 0.606. The van der Waals surface area contributed by atoms with Crippen molar-refractivity contribution in [3.8, 4) is 0 Å². The predicted molar refractivity (Wildman–Crippen MR) is 65.8 cm³/mol. The Kier molecular flexibility index (Phi) is 4.06. The van der Waals surface area contributed by atoms with Gasteiger partial charge in [0, 0.05) is 12.0 Å². The lowest BCUT2D eigenvalue weighted by Gasteiger charge is -2.11. The number of hydrogen-bond acceptors (Lipinski definition) is 1. The summed E-state index contributed by atoms with van der Waals surface area (Å²) >= 11 is 0. The second kappa shape index (κ2) is 5.63. The van der Waals surface area contributed by atoms with Gasteiger partial charge in [0.1, 0.15) is 0 Å². The van der Waals surface area contributed by atoms with Gasteiger partial charge in [0.05, 0.1) is 5.56 Å². The van der Waals surface area contributed by atoms with Crippen LogP contribution >= 0.6 is 0 Å². The maximum atomic E-state index is 13.0. The molecule has 0 aliphatic heterocycles. The van der Waals surface area contributed by atoms with Gasteiger partial charge in [0.2, 0.25) is 0 Å². The Morgan fingerprint density at radius 2 is 1.62 bits per heavy atom. The van der Waals surface area contributed by atoms with E-state index in [0.717, 1.165) is 30.3 Å². The van der Waals surface area contributed by atoms with E-state index in [1.807, 2.05) is 0 Å². The van der Waals surface area contributed by atoms with Crippen molar-refractivity contribution in [2.45, 2.75) is 12.6 Å². The minimum Gasteiger partial charge on any atom is -0.294 e. The zero-order chi connectivity index (χ0) is 15.6. The average Bonchev–Trinajstić information content (AvgIpc) is 2.42. The summed E-state index contributed by atoms with van der Waals surface area (Å²) in [6, 6.07) is 7.14. The van der Waals surface area contributed by atoms with Crippen molar-refractivity contribution in [1.82, 2.24) is 0 Å². The first-order valence-electron chi connectivity index (χ1n) is 5.92. The number of halogens is 5. The van der Waals surface area contributed by atoms with Gasteiger partial charge in [-0.2, -0.15) is 13.2 Å². The Morgan fingerprint density at radius 3 is 2.24 bits per heavy atom. The smallest absolute Gasteiger partial charge is 0.294 e. The van der Waals surface area contributed by atoms with E-state index < -0.39 is 41.1 Å². The third-order valence-electron chi connectivity index (χ3n) is 2.88. The lowest BCUT2D eigenvalue weighted by molar-refractivity contribution is -0.137. The highest BCUT2D eigenvalue weighted by atomic mass is 19.4. The summed E-state index contributed by atoms with van der Waals surface area (Å²) in [5.74, 6) is -3.04. The van der Waals surface area contributed by atoms with Crippen molar-refractivity contribution in [3.63, 3.8) is 0 Å². The van der Waals surface area contributed by atoms with E-state index in [-0.39, 0.29) is 5.56 Å². The third kappa shape index (κ3) is 3.45. The fourth-order valence-corrected chi connectivity index (χ4v) is 1.90. The second-order valence-electron chi connectivity index (χ2n) is 4.39. The molecule has 0 unspecified atom stereocenters. The molecule has 2 aromatic rings. The topological polar surface area (TPSA) is 17.1 Å². The summed E-state index contributed by atoms with van der Waals surface area (Å²) in [5, 5.41) is 0. The number of rotatable bonds is 3. The van der Waals surface area contributed by atoms with E-state index >= 15 is 0 Å². The number of ketones is 1. The maximum absolute atomic E-state index is 13.0. The SMILES string of the molecule is O=C(Cc1ccc(F)c(F)c1)c1ccccc1C(F)(F)F. The first-order chi connectivity index (χ1) is 9.79. The molecule has 0 saturated heterocycles. The van der Waals surface area contributed by atoms with Gasteiger partial charge in [-0.1, -0.05) is 24.3 Å². The van der Waals surface area contributed by atoms with Crippen LogP contribution in [0.2, 0.25) is 0 Å². The molecule has 0 fully saturated rings. The summed E-state index contributed by atoms with van der Waals surface area (Å²) in [6.45, 7) is 0. The van der Waals surface area contributed by atoms with Crippen molar-refractivity contribution in [1.29, 1.82) is 0 Å². The molecule has 2 rings (SSSR count). The molecular formula is C15H9F5O. The first kappa shape index (κ1) is 15.2. The van der Waals surface area contributed by atoms with Crippen LogP contribution in [0.4, 0.5) is 22.0 Å². The minimum atomic E-state index is -4.65. The molecule has 0 radical (unpaired) electrons. The van der Waals surface area contributed by atoms with Crippen LogP contribution in [0.3, 0.4) is 0 Å². The van der Waals surface area contributed by atoms with Crippen LogP contribution in [0.5, 0.6) is 0 Å². The van der Waals surface area contributed by atoms with Gasteiger partial charge in [-0.25, -0.2) is 8.78 Å². The number of benzene rings is 2. The van der Waals surface area contributed by atoms with Crippen LogP contribution in [0.15, 0.2) is 42.5 Å². The Bertz CT molecular complexity index is 676. The number of alkyl halides is 3. The highest BCUT2D eigenvalue weighted by Crippen LogP contribution is 2.32. The summed E-state index contributed by atoms with van der Waals surface area (Å²) in [7, 11) is 0. The van der Waals surface area contributed by atoms with Crippen molar-refractivity contribution in [2.24, 2.45) is 0 Å². The van der Waals surface area contributed by atoms with Crippen LogP contribution in [-0.4, -0.2) is 5.78 Å². The lowest BCUT2D eigenvalue weighted by Crippen LogP contribution is -2.14. The molecule has 0 heterocycles. The standard InChI is InChI=1S/C15H9F5O/c16-12-6-5-9(7-13(12)17)8-14(21)10-3-1-2-4-11(10)15(18,19)20/h1-7H,8H2. The van der Waals surface area contributed by atoms with E-state index in [2.05, 4.69) is 0 Å². The second-order valence-corrected chi connectivity index (χ2v) is 4.39. The fraction of sp³-hybridized carbons (Fsp3) is 0.133. The molecule has 110 valence electrons. The van der Waals surface area contributed by atoms with Crippen molar-refractivity contribution in [2.75, 3.05) is 0 Å². The molecule has 0 bridgehead atoms. The van der Waals surface area contributed by atoms with Crippen LogP contribution in [0.25, 0.3) is 0 Å². The third-order valence-corrected chi connectivity index (χ3v) is 2.88. The Balaban J connectivity index is 2.31. The largest absolute Gasteiger partial charge is 0.417 e. The highest BCUT2D eigenvalue weighted by molar-refractivity contribution is 5.99. The molecule has 0 spiro atoms. The van der Waals surface area contributed by atoms with Crippen molar-refractivity contribution in [3.05, 3.63) is 70.8 Å². The average molecular weight is 300 g/mol. The number of carbonyl (C=O) groups is 1. The van der Waals surface area contributed by atoms with Crippen LogP contribution in [0.1, 0.15) is 21.5 Å². The van der Waals surface area contributed by atoms with E-state index in [4.69, 9.17) is 0 Å². The lowest BCUT2D eigenvalue weighted by atomic mass is 9.98. The predicted octanol–water partition coefficient (Wildman–Crippen LogP) is 4.41. The molecule has 21 heavy (non-hydrogen) atoms. The van der Waals surface area contributed by atoms with Crippen molar-refractivity contribution < 1.29 is 26.7 Å². The highest BCUT2D eigenvalue weighted by Gasteiger charge is 2.34. The summed E-state index contributed by atoms with van der Waals surface area (Å²) < 4.78 is 64.2. The zero-order valence-corrected chi connectivity index (χ0v) is 10.5. The Morgan fingerprint density at radius 1 is 0.952 bits per heavy atom. The van der Waals surface area contributed by atoms with E-state index in [9.17, 15) is 26.7 Å². The molecular weight excluding hydrogens is 291 g/mol. The van der Waals surface area contributed by atoms with Crippen LogP contribution in [-0.2, 0) is 12.6 Å². The minimum absolute atomic E-state index is 0.107. The monoisotopic (exact) mass is 300 g/mol. The zero-order valence-electron chi connectivity index (χ0n) is 10.5. The maximum Gasteiger partial charge on any atom is 0.417 e. The van der Waals surface area contributed by atoms with Gasteiger partial charge < -0.3 is 0 Å². The molecule has 2 aromatic carbocycles. The first-order valence-corrected chi connectivity index (χ1v) is 5.92. The van der Waals surface area contributed by atoms with Gasteiger partial charge in [-0.15, -0.1) is 0 Å². The van der Waals surface area contributed by atoms with Gasteiger partial charge in [-0.3, -0.25) is 4.79 Å². The molecule has 0 aromatic heterocycles. The molecule has 0 aliphatic rings. The number of hydrogen-bond donors (Lipinski definition) is 0. The molecule has 0 amide bonds. The summed E-state index contributed by atoms with van der Waals surface area (Å²) in [5.41, 5.74) is -1.43. The summed E-state index contributed by atoms with van der Waals surface area (Å²) in [4.78, 5) is 12.0. The van der Waals surface area contributed by atoms with E-state index in [1.54, 1.807) is 0 Å². The van der Waals surface area contributed by atoms with Crippen LogP contribution in [0, 0.1) is 11.6 Å². The molecule has 0 saturated carbocycles. The Hall–Kier alpha value is -2.24. The Labute approximate surface area is 117 Å². The number of Topliss-reactive ketones (excluding diaryl/α,β-unsaturated/α-hetero) is 1. The fourth-order valence-electron chi connectivity index (χ4n) is 1.90. The molecule has 0 N–H and O–H groups in total. The molecule has 0 aliphatic carbocycles. The van der Waals surface area contributed by atoms with Gasteiger partial charge in [0.25, 0.3) is 0 Å². The van der Waals surface area contributed by atoms with E-state index in [0.29, 0.717) is 0 Å². The van der Waals surface area contributed by atoms with Crippen LogP contribution < -0.4 is 0 Å². The van der Waals surface area contributed by atoms with E-state index in [1.165, 1.54) is 12.1 Å². The molecule has 1 nitrogen and oxygen atoms in total. The normalized spacial score (nSPS) is 11.5.